The van der Waals surface area contributed by atoms with Crippen LogP contribution in [0.15, 0.2) is 24.3 Å². The molecule has 1 aromatic rings. The van der Waals surface area contributed by atoms with E-state index in [0.717, 1.165) is 25.9 Å². The van der Waals surface area contributed by atoms with Gasteiger partial charge in [0, 0.05) is 25.7 Å². The van der Waals surface area contributed by atoms with Crippen LogP contribution in [0, 0.1) is 5.82 Å². The van der Waals surface area contributed by atoms with Crippen molar-refractivity contribution in [3.8, 4) is 0 Å². The van der Waals surface area contributed by atoms with Gasteiger partial charge in [-0.05, 0) is 51.3 Å². The number of nitrogens with zero attached hydrogens (tertiary/aromatic N) is 1. The summed E-state index contributed by atoms with van der Waals surface area (Å²) in [5.41, 5.74) is 0.0869. The van der Waals surface area contributed by atoms with E-state index in [-0.39, 0.29) is 18.0 Å². The number of piperidine rings is 1. The van der Waals surface area contributed by atoms with Gasteiger partial charge in [0.2, 0.25) is 0 Å². The lowest BCUT2D eigenvalue weighted by Gasteiger charge is -2.33. The number of likely N-dealkylation sites (tertiary alicyclic amines) is 1. The Morgan fingerprint density at radius 1 is 1.42 bits per heavy atom. The van der Waals surface area contributed by atoms with Crippen LogP contribution in [0.5, 0.6) is 0 Å². The molecule has 1 atom stereocenters. The third kappa shape index (κ3) is 6.09. The number of benzene rings is 1. The van der Waals surface area contributed by atoms with E-state index in [1.807, 2.05) is 20.8 Å². The number of halogens is 1. The Morgan fingerprint density at radius 3 is 2.67 bits per heavy atom. The molecular formula is C18H27FN2O3. The molecule has 0 aromatic heterocycles. The fraction of sp³-hybridized carbons (Fsp3) is 0.611. The molecule has 0 spiro atoms. The standard InChI is InChI=1S/C18H27FN2O3/c1-18(2,3)24-17(23)20-15-7-9-21(10-8-15)12-16(22)13-5-4-6-14(19)11-13/h4-6,11,15-16,22H,7-10,12H2,1-3H3,(H,20,23). The summed E-state index contributed by atoms with van der Waals surface area (Å²) in [6.45, 7) is 7.51. The first-order valence-corrected chi connectivity index (χ1v) is 8.38. The number of hydrogen-bond acceptors (Lipinski definition) is 4. The first kappa shape index (κ1) is 18.7. The Balaban J connectivity index is 1.75. The Bertz CT molecular complexity index is 551. The first-order valence-electron chi connectivity index (χ1n) is 8.38. The second-order valence-corrected chi connectivity index (χ2v) is 7.29. The number of carbonyl (C=O) groups is 1. The maximum Gasteiger partial charge on any atom is 0.407 e. The molecule has 1 heterocycles. The molecule has 0 saturated carbocycles. The molecule has 2 N–H and O–H groups in total. The predicted molar refractivity (Wildman–Crippen MR) is 90.2 cm³/mol. The van der Waals surface area contributed by atoms with Crippen LogP contribution in [0.4, 0.5) is 9.18 Å². The molecule has 5 nitrogen and oxygen atoms in total. The number of rotatable bonds is 4. The van der Waals surface area contributed by atoms with E-state index >= 15 is 0 Å². The Labute approximate surface area is 142 Å². The van der Waals surface area contributed by atoms with Crippen molar-refractivity contribution in [2.24, 2.45) is 0 Å². The van der Waals surface area contributed by atoms with Crippen LogP contribution in [0.2, 0.25) is 0 Å². The van der Waals surface area contributed by atoms with Gasteiger partial charge in [0.05, 0.1) is 6.10 Å². The third-order valence-corrected chi connectivity index (χ3v) is 3.97. The summed E-state index contributed by atoms with van der Waals surface area (Å²) in [6.07, 6.45) is 0.501. The van der Waals surface area contributed by atoms with Crippen molar-refractivity contribution in [3.05, 3.63) is 35.6 Å². The molecule has 2 rings (SSSR count). The average Bonchev–Trinajstić information content (AvgIpc) is 2.47. The van der Waals surface area contributed by atoms with Crippen LogP contribution in [0.3, 0.4) is 0 Å². The van der Waals surface area contributed by atoms with E-state index in [4.69, 9.17) is 4.74 Å². The molecule has 0 radical (unpaired) electrons. The van der Waals surface area contributed by atoms with Gasteiger partial charge in [-0.25, -0.2) is 9.18 Å². The van der Waals surface area contributed by atoms with Crippen molar-refractivity contribution in [1.29, 1.82) is 0 Å². The van der Waals surface area contributed by atoms with Crippen LogP contribution in [-0.4, -0.2) is 47.4 Å². The van der Waals surface area contributed by atoms with Crippen molar-refractivity contribution in [2.45, 2.75) is 51.4 Å². The summed E-state index contributed by atoms with van der Waals surface area (Å²) in [6, 6.07) is 6.14. The normalized spacial score (nSPS) is 18.2. The van der Waals surface area contributed by atoms with Gasteiger partial charge in [-0.2, -0.15) is 0 Å². The maximum atomic E-state index is 13.2. The number of β-amino-alcohol motifs (C(OH)–C–C–N with tert-alkyl or cyclic N) is 1. The molecule has 1 amide bonds. The largest absolute Gasteiger partial charge is 0.444 e. The zero-order valence-electron chi connectivity index (χ0n) is 14.6. The quantitative estimate of drug-likeness (QED) is 0.886. The second-order valence-electron chi connectivity index (χ2n) is 7.29. The van der Waals surface area contributed by atoms with Gasteiger partial charge >= 0.3 is 6.09 Å². The van der Waals surface area contributed by atoms with Gasteiger partial charge < -0.3 is 20.1 Å². The number of aliphatic hydroxyl groups is 1. The number of hydrogen-bond donors (Lipinski definition) is 2. The fourth-order valence-electron chi connectivity index (χ4n) is 2.80. The molecule has 1 aliphatic rings. The molecule has 1 fully saturated rings. The van der Waals surface area contributed by atoms with Crippen LogP contribution in [0.25, 0.3) is 0 Å². The topological polar surface area (TPSA) is 61.8 Å². The predicted octanol–water partition coefficient (Wildman–Crippen LogP) is 2.85. The molecule has 1 saturated heterocycles. The monoisotopic (exact) mass is 338 g/mol. The molecule has 1 unspecified atom stereocenters. The van der Waals surface area contributed by atoms with Gasteiger partial charge in [-0.15, -0.1) is 0 Å². The summed E-state index contributed by atoms with van der Waals surface area (Å²) >= 11 is 0. The zero-order valence-corrected chi connectivity index (χ0v) is 14.6. The number of alkyl carbamates (subject to hydrolysis) is 1. The van der Waals surface area contributed by atoms with Gasteiger partial charge in [0.1, 0.15) is 11.4 Å². The maximum absolute atomic E-state index is 13.2. The van der Waals surface area contributed by atoms with Gasteiger partial charge in [0.25, 0.3) is 0 Å². The van der Waals surface area contributed by atoms with E-state index in [2.05, 4.69) is 10.2 Å². The molecule has 0 aliphatic carbocycles. The number of aliphatic hydroxyl groups excluding tert-OH is 1. The minimum absolute atomic E-state index is 0.0856. The third-order valence-electron chi connectivity index (χ3n) is 3.97. The highest BCUT2D eigenvalue weighted by Gasteiger charge is 2.24. The lowest BCUT2D eigenvalue weighted by molar-refractivity contribution is 0.0459. The highest BCUT2D eigenvalue weighted by Crippen LogP contribution is 2.19. The zero-order chi connectivity index (χ0) is 17.7. The van der Waals surface area contributed by atoms with Crippen molar-refractivity contribution in [1.82, 2.24) is 10.2 Å². The van der Waals surface area contributed by atoms with E-state index < -0.39 is 11.7 Å². The molecule has 6 heteroatoms. The van der Waals surface area contributed by atoms with Crippen LogP contribution < -0.4 is 5.32 Å². The fourth-order valence-corrected chi connectivity index (χ4v) is 2.80. The molecule has 1 aliphatic heterocycles. The highest BCUT2D eigenvalue weighted by atomic mass is 19.1. The van der Waals surface area contributed by atoms with Crippen molar-refractivity contribution in [3.63, 3.8) is 0 Å². The van der Waals surface area contributed by atoms with Gasteiger partial charge in [-0.1, -0.05) is 12.1 Å². The molecule has 0 bridgehead atoms. The van der Waals surface area contributed by atoms with Crippen LogP contribution in [-0.2, 0) is 4.74 Å². The summed E-state index contributed by atoms with van der Waals surface area (Å²) in [4.78, 5) is 13.9. The Hall–Kier alpha value is -1.66. The number of carbonyl (C=O) groups excluding carboxylic acids is 1. The molecule has 134 valence electrons. The lowest BCUT2D eigenvalue weighted by atomic mass is 10.0. The van der Waals surface area contributed by atoms with Crippen LogP contribution >= 0.6 is 0 Å². The minimum atomic E-state index is -0.712. The average molecular weight is 338 g/mol. The summed E-state index contributed by atoms with van der Waals surface area (Å²) in [5.74, 6) is -0.341. The summed E-state index contributed by atoms with van der Waals surface area (Å²) in [7, 11) is 0. The number of amides is 1. The SMILES string of the molecule is CC(C)(C)OC(=O)NC1CCN(CC(O)c2cccc(F)c2)CC1. The smallest absolute Gasteiger partial charge is 0.407 e. The minimum Gasteiger partial charge on any atom is -0.444 e. The molecular weight excluding hydrogens is 311 g/mol. The number of nitrogens with one attached hydrogen (secondary N) is 1. The van der Waals surface area contributed by atoms with Gasteiger partial charge in [-0.3, -0.25) is 0 Å². The van der Waals surface area contributed by atoms with Crippen molar-refractivity contribution >= 4 is 6.09 Å². The van der Waals surface area contributed by atoms with Crippen molar-refractivity contribution < 1.29 is 19.0 Å². The van der Waals surface area contributed by atoms with Gasteiger partial charge in [0.15, 0.2) is 0 Å². The summed E-state index contributed by atoms with van der Waals surface area (Å²) in [5, 5.41) is 13.1. The highest BCUT2D eigenvalue weighted by molar-refractivity contribution is 5.68. The Kier molecular flexibility index (Phi) is 6.18. The van der Waals surface area contributed by atoms with E-state index in [1.165, 1.54) is 12.1 Å². The molecule has 1 aromatic carbocycles. The van der Waals surface area contributed by atoms with E-state index in [9.17, 15) is 14.3 Å². The Morgan fingerprint density at radius 2 is 2.08 bits per heavy atom. The second kappa shape index (κ2) is 7.94. The molecule has 24 heavy (non-hydrogen) atoms. The number of ether oxygens (including phenoxy) is 1. The first-order chi connectivity index (χ1) is 11.2. The van der Waals surface area contributed by atoms with Crippen LogP contribution in [0.1, 0.15) is 45.3 Å². The van der Waals surface area contributed by atoms with E-state index in [0.29, 0.717) is 12.1 Å². The summed E-state index contributed by atoms with van der Waals surface area (Å²) < 4.78 is 18.5. The van der Waals surface area contributed by atoms with Crippen molar-refractivity contribution in [2.75, 3.05) is 19.6 Å². The van der Waals surface area contributed by atoms with E-state index in [1.54, 1.807) is 12.1 Å². The lowest BCUT2D eigenvalue weighted by Crippen LogP contribution is -2.46.